The van der Waals surface area contributed by atoms with E-state index in [4.69, 9.17) is 16.3 Å². The van der Waals surface area contributed by atoms with Crippen LogP contribution in [0.1, 0.15) is 5.56 Å². The second-order valence-electron chi connectivity index (χ2n) is 3.95. The lowest BCUT2D eigenvalue weighted by Gasteiger charge is -2.10. The molecule has 0 spiro atoms. The maximum atomic E-state index is 13.5. The molecule has 0 fully saturated rings. The van der Waals surface area contributed by atoms with E-state index in [2.05, 4.69) is 5.32 Å². The Bertz CT molecular complexity index is 549. The molecular weight excluding hydrogens is 272 g/mol. The van der Waals surface area contributed by atoms with E-state index in [0.717, 1.165) is 23.4 Å². The quantitative estimate of drug-likeness (QED) is 0.906. The van der Waals surface area contributed by atoms with E-state index in [1.807, 2.05) is 12.1 Å². The highest BCUT2D eigenvalue weighted by molar-refractivity contribution is 6.33. The molecule has 19 heavy (non-hydrogen) atoms. The molecule has 0 amide bonds. The molecule has 1 N–H and O–H groups in total. The molecule has 2 nitrogen and oxygen atoms in total. The molecule has 100 valence electrons. The third-order valence-corrected chi connectivity index (χ3v) is 2.93. The molecule has 0 saturated heterocycles. The minimum atomic E-state index is -0.710. The fraction of sp³-hybridized carbons (Fsp3) is 0.143. The fourth-order valence-corrected chi connectivity index (χ4v) is 1.91. The second-order valence-corrected chi connectivity index (χ2v) is 4.35. The van der Waals surface area contributed by atoms with Gasteiger partial charge in [0.15, 0.2) is 5.82 Å². The summed E-state index contributed by atoms with van der Waals surface area (Å²) in [5.41, 5.74) is 1.03. The van der Waals surface area contributed by atoms with Crippen LogP contribution < -0.4 is 10.1 Å². The molecule has 0 aliphatic carbocycles. The van der Waals surface area contributed by atoms with Gasteiger partial charge in [0.2, 0.25) is 0 Å². The zero-order valence-electron chi connectivity index (χ0n) is 10.2. The van der Waals surface area contributed by atoms with Gasteiger partial charge >= 0.3 is 0 Å². The molecule has 0 saturated carbocycles. The van der Waals surface area contributed by atoms with Gasteiger partial charge in [0.25, 0.3) is 0 Å². The van der Waals surface area contributed by atoms with Crippen LogP contribution in [-0.4, -0.2) is 7.11 Å². The maximum Gasteiger partial charge on any atom is 0.150 e. The maximum absolute atomic E-state index is 13.5. The number of hydrogen-bond acceptors (Lipinski definition) is 2. The van der Waals surface area contributed by atoms with Crippen molar-refractivity contribution in [3.05, 3.63) is 58.6 Å². The zero-order valence-corrected chi connectivity index (χ0v) is 11.0. The van der Waals surface area contributed by atoms with Crippen LogP contribution in [-0.2, 0) is 6.54 Å². The summed E-state index contributed by atoms with van der Waals surface area (Å²) >= 11 is 5.79. The summed E-state index contributed by atoms with van der Waals surface area (Å²) in [5.74, 6) is -0.661. The van der Waals surface area contributed by atoms with Crippen molar-refractivity contribution in [1.29, 1.82) is 0 Å². The third-order valence-electron chi connectivity index (χ3n) is 2.64. The Hall–Kier alpha value is -1.81. The predicted octanol–water partition coefficient (Wildman–Crippen LogP) is 4.24. The molecule has 0 bridgehead atoms. The van der Waals surface area contributed by atoms with Gasteiger partial charge in [-0.05, 0) is 23.8 Å². The van der Waals surface area contributed by atoms with E-state index >= 15 is 0 Å². The molecule has 0 heterocycles. The Morgan fingerprint density at radius 1 is 1.16 bits per heavy atom. The van der Waals surface area contributed by atoms with Crippen molar-refractivity contribution >= 4 is 17.3 Å². The normalized spacial score (nSPS) is 10.3. The van der Waals surface area contributed by atoms with E-state index in [1.54, 1.807) is 19.2 Å². The van der Waals surface area contributed by atoms with Crippen molar-refractivity contribution in [3.63, 3.8) is 0 Å². The monoisotopic (exact) mass is 283 g/mol. The summed E-state index contributed by atoms with van der Waals surface area (Å²) in [4.78, 5) is 0. The van der Waals surface area contributed by atoms with Gasteiger partial charge in [0.05, 0.1) is 17.8 Å². The summed E-state index contributed by atoms with van der Waals surface area (Å²) in [6.45, 7) is 0.381. The topological polar surface area (TPSA) is 21.3 Å². The Balaban J connectivity index is 2.10. The van der Waals surface area contributed by atoms with Crippen molar-refractivity contribution in [1.82, 2.24) is 0 Å². The van der Waals surface area contributed by atoms with E-state index in [-0.39, 0.29) is 10.7 Å². The first kappa shape index (κ1) is 13.6. The first-order chi connectivity index (χ1) is 9.10. The van der Waals surface area contributed by atoms with Crippen molar-refractivity contribution in [2.24, 2.45) is 0 Å². The molecule has 0 aromatic heterocycles. The third kappa shape index (κ3) is 3.35. The summed E-state index contributed by atoms with van der Waals surface area (Å²) in [7, 11) is 1.58. The van der Waals surface area contributed by atoms with E-state index in [9.17, 15) is 8.78 Å². The van der Waals surface area contributed by atoms with Crippen LogP contribution in [0.25, 0.3) is 0 Å². The highest BCUT2D eigenvalue weighted by atomic mass is 35.5. The van der Waals surface area contributed by atoms with Crippen molar-refractivity contribution in [2.45, 2.75) is 6.54 Å². The molecule has 0 atom stereocenters. The number of nitrogens with one attached hydrogen (secondary N) is 1. The van der Waals surface area contributed by atoms with Crippen LogP contribution in [0.15, 0.2) is 36.4 Å². The first-order valence-corrected chi connectivity index (χ1v) is 5.99. The Kier molecular flexibility index (Phi) is 4.22. The van der Waals surface area contributed by atoms with Crippen LogP contribution in [0, 0.1) is 11.6 Å². The lowest BCUT2D eigenvalue weighted by atomic mass is 10.2. The van der Waals surface area contributed by atoms with E-state index in [1.165, 1.54) is 0 Å². The molecule has 2 aromatic rings. The molecule has 0 unspecified atom stereocenters. The van der Waals surface area contributed by atoms with E-state index in [0.29, 0.717) is 6.54 Å². The number of rotatable bonds is 4. The molecule has 0 aliphatic rings. The van der Waals surface area contributed by atoms with Crippen molar-refractivity contribution in [3.8, 4) is 5.75 Å². The first-order valence-electron chi connectivity index (χ1n) is 5.61. The lowest BCUT2D eigenvalue weighted by Crippen LogP contribution is -2.02. The number of benzene rings is 2. The van der Waals surface area contributed by atoms with Gasteiger partial charge in [0, 0.05) is 12.6 Å². The largest absolute Gasteiger partial charge is 0.497 e. The predicted molar refractivity (Wildman–Crippen MR) is 71.7 cm³/mol. The van der Waals surface area contributed by atoms with Gasteiger partial charge in [-0.3, -0.25) is 0 Å². The highest BCUT2D eigenvalue weighted by Gasteiger charge is 2.09. The minimum absolute atomic E-state index is 0.0195. The van der Waals surface area contributed by atoms with Crippen LogP contribution in [0.4, 0.5) is 14.5 Å². The highest BCUT2D eigenvalue weighted by Crippen LogP contribution is 2.27. The Morgan fingerprint density at radius 2 is 1.84 bits per heavy atom. The van der Waals surface area contributed by atoms with Gasteiger partial charge < -0.3 is 10.1 Å². The van der Waals surface area contributed by atoms with Crippen molar-refractivity contribution in [2.75, 3.05) is 12.4 Å². The van der Waals surface area contributed by atoms with Crippen molar-refractivity contribution < 1.29 is 13.5 Å². The molecule has 5 heteroatoms. The molecule has 2 rings (SSSR count). The lowest BCUT2D eigenvalue weighted by molar-refractivity contribution is 0.414. The molecule has 0 aliphatic heterocycles. The van der Waals surface area contributed by atoms with Gasteiger partial charge in [-0.15, -0.1) is 0 Å². The number of methoxy groups -OCH3 is 1. The number of hydrogen-bond donors (Lipinski definition) is 1. The van der Waals surface area contributed by atoms with Crippen LogP contribution in [0.2, 0.25) is 5.02 Å². The minimum Gasteiger partial charge on any atom is -0.497 e. The fourth-order valence-electron chi connectivity index (χ4n) is 1.64. The Labute approximate surface area is 115 Å². The zero-order chi connectivity index (χ0) is 13.8. The van der Waals surface area contributed by atoms with Gasteiger partial charge in [-0.1, -0.05) is 23.7 Å². The summed E-state index contributed by atoms with van der Waals surface area (Å²) in [6, 6.07) is 9.17. The SMILES string of the molecule is COc1ccc(CNc2c(F)cc(F)cc2Cl)cc1. The summed E-state index contributed by atoms with van der Waals surface area (Å²) in [6.07, 6.45) is 0. The van der Waals surface area contributed by atoms with E-state index < -0.39 is 11.6 Å². The van der Waals surface area contributed by atoms with Gasteiger partial charge in [0.1, 0.15) is 11.6 Å². The molecular formula is C14H12ClF2NO. The number of anilines is 1. The van der Waals surface area contributed by atoms with Crippen LogP contribution >= 0.6 is 11.6 Å². The molecule has 0 radical (unpaired) electrons. The average molecular weight is 284 g/mol. The average Bonchev–Trinajstić information content (AvgIpc) is 2.38. The standard InChI is InChI=1S/C14H12ClF2NO/c1-19-11-4-2-9(3-5-11)8-18-14-12(15)6-10(16)7-13(14)17/h2-7,18H,8H2,1H3. The molecule has 2 aromatic carbocycles. The second kappa shape index (κ2) is 5.89. The van der Waals surface area contributed by atoms with Gasteiger partial charge in [-0.2, -0.15) is 0 Å². The summed E-state index contributed by atoms with van der Waals surface area (Å²) in [5, 5.41) is 2.87. The van der Waals surface area contributed by atoms with Gasteiger partial charge in [-0.25, -0.2) is 8.78 Å². The Morgan fingerprint density at radius 3 is 2.42 bits per heavy atom. The van der Waals surface area contributed by atoms with Crippen LogP contribution in [0.3, 0.4) is 0 Å². The number of ether oxygens (including phenoxy) is 1. The number of halogens is 3. The summed E-state index contributed by atoms with van der Waals surface area (Å²) < 4.78 is 31.5. The smallest absolute Gasteiger partial charge is 0.150 e. The van der Waals surface area contributed by atoms with Crippen LogP contribution in [0.5, 0.6) is 5.75 Å².